The number of nitrogens with two attached hydrogens (primary N) is 1. The average Bonchev–Trinajstić information content (AvgIpc) is 3.17. The topological polar surface area (TPSA) is 58.4 Å². The minimum atomic E-state index is -0.282. The van der Waals surface area contributed by atoms with E-state index < -0.39 is 0 Å². The molecule has 0 spiro atoms. The fourth-order valence-corrected chi connectivity index (χ4v) is 2.30. The van der Waals surface area contributed by atoms with Gasteiger partial charge < -0.3 is 16.0 Å². The zero-order chi connectivity index (χ0) is 13.2. The van der Waals surface area contributed by atoms with Crippen molar-refractivity contribution in [2.24, 2.45) is 0 Å². The monoisotopic (exact) mass is 247 g/mol. The quantitative estimate of drug-likeness (QED) is 0.763. The normalized spacial score (nSPS) is 16.3. The Hall–Kier alpha value is -1.55. The van der Waals surface area contributed by atoms with Crippen LogP contribution in [0.15, 0.2) is 24.3 Å². The fraction of sp³-hybridized carbons (Fsp3) is 0.500. The maximum Gasteiger partial charge on any atom is 0.233 e. The highest BCUT2D eigenvalue weighted by Gasteiger charge is 2.52. The number of nitrogen functional groups attached to an aromatic ring is 1. The van der Waals surface area contributed by atoms with Crippen LogP contribution in [0.5, 0.6) is 0 Å². The molecule has 18 heavy (non-hydrogen) atoms. The summed E-state index contributed by atoms with van der Waals surface area (Å²) >= 11 is 0. The predicted molar refractivity (Wildman–Crippen MR) is 73.3 cm³/mol. The summed E-state index contributed by atoms with van der Waals surface area (Å²) in [6, 6.07) is 7.70. The summed E-state index contributed by atoms with van der Waals surface area (Å²) < 4.78 is 0. The van der Waals surface area contributed by atoms with E-state index in [1.54, 1.807) is 0 Å². The zero-order valence-corrected chi connectivity index (χ0v) is 11.1. The first-order valence-electron chi connectivity index (χ1n) is 6.36. The van der Waals surface area contributed by atoms with Crippen LogP contribution in [-0.4, -0.2) is 38.0 Å². The van der Waals surface area contributed by atoms with E-state index in [9.17, 15) is 4.79 Å². The number of carbonyl (C=O) groups excluding carboxylic acids is 1. The van der Waals surface area contributed by atoms with E-state index in [4.69, 9.17) is 5.73 Å². The van der Waals surface area contributed by atoms with Crippen LogP contribution in [0.2, 0.25) is 0 Å². The Kier molecular flexibility index (Phi) is 3.57. The van der Waals surface area contributed by atoms with Gasteiger partial charge in [0.05, 0.1) is 5.41 Å². The largest absolute Gasteiger partial charge is 0.399 e. The van der Waals surface area contributed by atoms with Crippen LogP contribution < -0.4 is 11.1 Å². The molecule has 1 aromatic carbocycles. The van der Waals surface area contributed by atoms with Crippen molar-refractivity contribution in [1.82, 2.24) is 10.2 Å². The summed E-state index contributed by atoms with van der Waals surface area (Å²) in [5.41, 5.74) is 7.24. The number of likely N-dealkylation sites (N-methyl/N-ethyl adjacent to an activating group) is 2. The van der Waals surface area contributed by atoms with Gasteiger partial charge >= 0.3 is 0 Å². The lowest BCUT2D eigenvalue weighted by molar-refractivity contribution is -0.132. The Balaban J connectivity index is 2.11. The molecular formula is C14H21N3O. The zero-order valence-electron chi connectivity index (χ0n) is 11.1. The Morgan fingerprint density at radius 1 is 1.39 bits per heavy atom. The van der Waals surface area contributed by atoms with Gasteiger partial charge in [0.1, 0.15) is 0 Å². The molecule has 1 aromatic rings. The molecule has 0 aromatic heterocycles. The molecule has 0 aliphatic heterocycles. The first-order chi connectivity index (χ1) is 8.60. The number of benzene rings is 1. The third-order valence-electron chi connectivity index (χ3n) is 3.67. The van der Waals surface area contributed by atoms with Gasteiger partial charge in [-0.05, 0) is 37.6 Å². The molecule has 0 heterocycles. The van der Waals surface area contributed by atoms with Gasteiger partial charge in [-0.1, -0.05) is 12.1 Å². The summed E-state index contributed by atoms with van der Waals surface area (Å²) in [4.78, 5) is 14.3. The van der Waals surface area contributed by atoms with Gasteiger partial charge in [0.15, 0.2) is 0 Å². The van der Waals surface area contributed by atoms with E-state index in [2.05, 4.69) is 5.32 Å². The summed E-state index contributed by atoms with van der Waals surface area (Å²) in [6.45, 7) is 1.56. The van der Waals surface area contributed by atoms with Gasteiger partial charge in [-0.2, -0.15) is 0 Å². The number of hydrogen-bond acceptors (Lipinski definition) is 3. The Bertz CT molecular complexity index is 423. The van der Waals surface area contributed by atoms with E-state index in [0.29, 0.717) is 0 Å². The lowest BCUT2D eigenvalue weighted by Gasteiger charge is -2.24. The van der Waals surface area contributed by atoms with E-state index in [1.165, 1.54) is 0 Å². The van der Waals surface area contributed by atoms with Gasteiger partial charge in [-0.25, -0.2) is 0 Å². The van der Waals surface area contributed by atoms with Crippen molar-refractivity contribution in [2.45, 2.75) is 18.3 Å². The van der Waals surface area contributed by atoms with Crippen molar-refractivity contribution < 1.29 is 4.79 Å². The standard InChI is InChI=1S/C14H21N3O/c1-16-9-10-17(2)13(18)14(7-8-14)11-3-5-12(15)6-4-11/h3-6,16H,7-10,15H2,1-2H3. The van der Waals surface area contributed by atoms with Crippen molar-refractivity contribution >= 4 is 11.6 Å². The van der Waals surface area contributed by atoms with Crippen LogP contribution in [0, 0.1) is 0 Å². The number of amides is 1. The van der Waals surface area contributed by atoms with E-state index >= 15 is 0 Å². The Labute approximate surface area is 108 Å². The van der Waals surface area contributed by atoms with Crippen molar-refractivity contribution in [3.05, 3.63) is 29.8 Å². The van der Waals surface area contributed by atoms with E-state index in [1.807, 2.05) is 43.3 Å². The SMILES string of the molecule is CNCCN(C)C(=O)C1(c2ccc(N)cc2)CC1. The molecule has 0 bridgehead atoms. The third-order valence-corrected chi connectivity index (χ3v) is 3.67. The van der Waals surface area contributed by atoms with Crippen LogP contribution in [0.3, 0.4) is 0 Å². The summed E-state index contributed by atoms with van der Waals surface area (Å²) in [6.07, 6.45) is 1.89. The van der Waals surface area contributed by atoms with Crippen LogP contribution in [0.25, 0.3) is 0 Å². The second-order valence-corrected chi connectivity index (χ2v) is 5.03. The molecule has 1 amide bonds. The maximum atomic E-state index is 12.5. The van der Waals surface area contributed by atoms with Gasteiger partial charge in [-0.15, -0.1) is 0 Å². The minimum absolute atomic E-state index is 0.225. The van der Waals surface area contributed by atoms with Crippen LogP contribution in [-0.2, 0) is 10.2 Å². The first-order valence-corrected chi connectivity index (χ1v) is 6.36. The summed E-state index contributed by atoms with van der Waals surface area (Å²) in [7, 11) is 3.77. The number of nitrogens with zero attached hydrogens (tertiary/aromatic N) is 1. The van der Waals surface area contributed by atoms with E-state index in [0.717, 1.165) is 37.2 Å². The molecule has 0 unspecified atom stereocenters. The van der Waals surface area contributed by atoms with Crippen molar-refractivity contribution in [3.63, 3.8) is 0 Å². The second-order valence-electron chi connectivity index (χ2n) is 5.03. The van der Waals surface area contributed by atoms with Gasteiger partial charge in [0.2, 0.25) is 5.91 Å². The Morgan fingerprint density at radius 3 is 2.50 bits per heavy atom. The van der Waals surface area contributed by atoms with Crippen LogP contribution in [0.4, 0.5) is 5.69 Å². The summed E-state index contributed by atoms with van der Waals surface area (Å²) in [5, 5.41) is 3.06. The lowest BCUT2D eigenvalue weighted by Crippen LogP contribution is -2.39. The molecule has 0 atom stereocenters. The smallest absolute Gasteiger partial charge is 0.233 e. The molecule has 4 nitrogen and oxygen atoms in total. The van der Waals surface area contributed by atoms with Crippen LogP contribution >= 0.6 is 0 Å². The van der Waals surface area contributed by atoms with Crippen molar-refractivity contribution in [2.75, 3.05) is 32.9 Å². The fourth-order valence-electron chi connectivity index (χ4n) is 2.30. The highest BCUT2D eigenvalue weighted by Crippen LogP contribution is 2.49. The molecule has 1 aliphatic carbocycles. The third kappa shape index (κ3) is 2.34. The van der Waals surface area contributed by atoms with Gasteiger partial charge in [0.25, 0.3) is 0 Å². The molecule has 4 heteroatoms. The molecule has 1 saturated carbocycles. The minimum Gasteiger partial charge on any atom is -0.399 e. The maximum absolute atomic E-state index is 12.5. The predicted octanol–water partition coefficient (Wildman–Crippen LogP) is 0.978. The molecule has 98 valence electrons. The number of hydrogen-bond donors (Lipinski definition) is 2. The first kappa shape index (κ1) is 12.9. The number of carbonyl (C=O) groups is 1. The number of anilines is 1. The Morgan fingerprint density at radius 2 is 2.00 bits per heavy atom. The molecule has 1 aliphatic rings. The molecule has 3 N–H and O–H groups in total. The molecule has 0 radical (unpaired) electrons. The van der Waals surface area contributed by atoms with Crippen molar-refractivity contribution in [3.8, 4) is 0 Å². The highest BCUT2D eigenvalue weighted by atomic mass is 16.2. The summed E-state index contributed by atoms with van der Waals surface area (Å²) in [5.74, 6) is 0.225. The number of rotatable bonds is 5. The highest BCUT2D eigenvalue weighted by molar-refractivity contribution is 5.91. The molecular weight excluding hydrogens is 226 g/mol. The van der Waals surface area contributed by atoms with Gasteiger partial charge in [-0.3, -0.25) is 4.79 Å². The van der Waals surface area contributed by atoms with E-state index in [-0.39, 0.29) is 11.3 Å². The molecule has 2 rings (SSSR count). The molecule has 0 saturated heterocycles. The van der Waals surface area contributed by atoms with Crippen LogP contribution in [0.1, 0.15) is 18.4 Å². The number of nitrogens with one attached hydrogen (secondary N) is 1. The average molecular weight is 247 g/mol. The van der Waals surface area contributed by atoms with Crippen molar-refractivity contribution in [1.29, 1.82) is 0 Å². The molecule has 1 fully saturated rings. The second kappa shape index (κ2) is 4.98. The van der Waals surface area contributed by atoms with Gasteiger partial charge in [0, 0.05) is 25.8 Å². The lowest BCUT2D eigenvalue weighted by atomic mass is 9.94.